The van der Waals surface area contributed by atoms with Gasteiger partial charge in [0.05, 0.1) is 18.4 Å². The van der Waals surface area contributed by atoms with Crippen LogP contribution >= 0.6 is 11.6 Å². The highest BCUT2D eigenvalue weighted by atomic mass is 35.5. The fourth-order valence-corrected chi connectivity index (χ4v) is 3.61. The molecule has 0 aliphatic rings. The molecule has 0 aliphatic heterocycles. The number of aryl methyl sites for hydroxylation is 1. The Morgan fingerprint density at radius 1 is 0.846 bits per heavy atom. The summed E-state index contributed by atoms with van der Waals surface area (Å²) in [5, 5.41) is 4.56. The Labute approximate surface area is 232 Å². The summed E-state index contributed by atoms with van der Waals surface area (Å²) in [5.74, 6) is 0.401. The van der Waals surface area contributed by atoms with E-state index in [0.29, 0.717) is 46.4 Å². The number of hydrogen-bond donors (Lipinski definition) is 1. The van der Waals surface area contributed by atoms with Gasteiger partial charge in [0.2, 0.25) is 0 Å². The van der Waals surface area contributed by atoms with Gasteiger partial charge in [0, 0.05) is 10.6 Å². The van der Waals surface area contributed by atoms with Gasteiger partial charge in [-0.3, -0.25) is 4.79 Å². The first-order valence-corrected chi connectivity index (χ1v) is 12.7. The number of carbonyl (C=O) groups excluding carboxylic acids is 2. The number of ether oxygens (including phenoxy) is 3. The lowest BCUT2D eigenvalue weighted by atomic mass is 10.2. The van der Waals surface area contributed by atoms with E-state index < -0.39 is 5.97 Å². The molecule has 39 heavy (non-hydrogen) atoms. The van der Waals surface area contributed by atoms with Gasteiger partial charge in [-0.1, -0.05) is 41.4 Å². The second kappa shape index (κ2) is 13.3. The maximum atomic E-state index is 12.5. The largest absolute Gasteiger partial charge is 0.490 e. The summed E-state index contributed by atoms with van der Waals surface area (Å²) in [4.78, 5) is 25.0. The molecule has 0 radical (unpaired) electrons. The first-order chi connectivity index (χ1) is 18.9. The average molecular weight is 543 g/mol. The first-order valence-electron chi connectivity index (χ1n) is 12.3. The lowest BCUT2D eigenvalue weighted by Gasteiger charge is -2.11. The molecule has 8 heteroatoms. The molecule has 1 N–H and O–H groups in total. The molecule has 0 saturated heterocycles. The molecular formula is C31H27ClN2O5. The van der Waals surface area contributed by atoms with Crippen LogP contribution in [0, 0.1) is 6.92 Å². The predicted octanol–water partition coefficient (Wildman–Crippen LogP) is 6.61. The van der Waals surface area contributed by atoms with Crippen molar-refractivity contribution in [2.75, 3.05) is 6.61 Å². The van der Waals surface area contributed by atoms with Gasteiger partial charge in [0.1, 0.15) is 12.4 Å². The molecule has 0 saturated carbocycles. The molecule has 0 atom stereocenters. The molecule has 0 bridgehead atoms. The third kappa shape index (κ3) is 7.93. The molecule has 0 unspecified atom stereocenters. The minimum Gasteiger partial charge on any atom is -0.490 e. The van der Waals surface area contributed by atoms with E-state index in [4.69, 9.17) is 25.8 Å². The zero-order valence-electron chi connectivity index (χ0n) is 21.5. The van der Waals surface area contributed by atoms with E-state index in [1.807, 2.05) is 38.1 Å². The monoisotopic (exact) mass is 542 g/mol. The lowest BCUT2D eigenvalue weighted by molar-refractivity contribution is 0.0728. The third-order valence-corrected chi connectivity index (χ3v) is 5.82. The van der Waals surface area contributed by atoms with Gasteiger partial charge in [0.15, 0.2) is 11.5 Å². The zero-order chi connectivity index (χ0) is 27.6. The molecule has 0 heterocycles. The maximum Gasteiger partial charge on any atom is 0.343 e. The van der Waals surface area contributed by atoms with Crippen molar-refractivity contribution >= 4 is 29.7 Å². The van der Waals surface area contributed by atoms with Crippen molar-refractivity contribution in [3.05, 3.63) is 124 Å². The van der Waals surface area contributed by atoms with Gasteiger partial charge in [0.25, 0.3) is 5.91 Å². The van der Waals surface area contributed by atoms with Crippen LogP contribution in [0.5, 0.6) is 17.2 Å². The van der Waals surface area contributed by atoms with Gasteiger partial charge in [-0.25, -0.2) is 10.2 Å². The quantitative estimate of drug-likeness (QED) is 0.105. The van der Waals surface area contributed by atoms with Crippen LogP contribution in [0.3, 0.4) is 0 Å². The van der Waals surface area contributed by atoms with Crippen molar-refractivity contribution in [1.29, 1.82) is 0 Å². The van der Waals surface area contributed by atoms with Crippen LogP contribution in [0.15, 0.2) is 96.1 Å². The standard InChI is InChI=1S/C31H27ClN2O5/c1-3-37-29-18-23(8-17-28(29)39-31(36)25-9-13-26(32)14-10-25)19-33-34-30(35)24-11-15-27(16-12-24)38-20-22-6-4-21(2)5-7-22/h4-19H,3,20H2,1-2H3,(H,34,35). The van der Waals surface area contributed by atoms with Gasteiger partial charge in [-0.15, -0.1) is 0 Å². The fraction of sp³-hybridized carbons (Fsp3) is 0.129. The van der Waals surface area contributed by atoms with Crippen molar-refractivity contribution in [3.63, 3.8) is 0 Å². The average Bonchev–Trinajstić information content (AvgIpc) is 2.95. The van der Waals surface area contributed by atoms with Crippen LogP contribution in [0.4, 0.5) is 0 Å². The molecule has 7 nitrogen and oxygen atoms in total. The Hall–Kier alpha value is -4.62. The van der Waals surface area contributed by atoms with E-state index in [1.54, 1.807) is 66.7 Å². The third-order valence-electron chi connectivity index (χ3n) is 5.57. The Morgan fingerprint density at radius 2 is 1.54 bits per heavy atom. The number of hydrogen-bond acceptors (Lipinski definition) is 6. The van der Waals surface area contributed by atoms with E-state index in [-0.39, 0.29) is 11.7 Å². The minimum absolute atomic E-state index is 0.266. The number of hydrazone groups is 1. The second-order valence-corrected chi connectivity index (χ2v) is 8.97. The van der Waals surface area contributed by atoms with E-state index >= 15 is 0 Å². The summed E-state index contributed by atoms with van der Waals surface area (Å²) in [6, 6.07) is 26.3. The first kappa shape index (κ1) is 27.4. The smallest absolute Gasteiger partial charge is 0.343 e. The van der Waals surface area contributed by atoms with Crippen molar-refractivity contribution in [3.8, 4) is 17.2 Å². The molecule has 0 aromatic heterocycles. The summed E-state index contributed by atoms with van der Waals surface area (Å²) >= 11 is 5.88. The number of amides is 1. The zero-order valence-corrected chi connectivity index (χ0v) is 22.3. The number of carbonyl (C=O) groups is 2. The SMILES string of the molecule is CCOc1cc(C=NNC(=O)c2ccc(OCc3ccc(C)cc3)cc2)ccc1OC(=O)c1ccc(Cl)cc1. The highest BCUT2D eigenvalue weighted by Crippen LogP contribution is 2.29. The number of benzene rings is 4. The fourth-order valence-electron chi connectivity index (χ4n) is 3.49. The summed E-state index contributed by atoms with van der Waals surface area (Å²) in [7, 11) is 0. The minimum atomic E-state index is -0.534. The molecule has 0 aliphatic carbocycles. The van der Waals surface area contributed by atoms with Crippen molar-refractivity contribution < 1.29 is 23.8 Å². The normalized spacial score (nSPS) is 10.7. The Balaban J connectivity index is 1.33. The number of halogens is 1. The van der Waals surface area contributed by atoms with Gasteiger partial charge < -0.3 is 14.2 Å². The number of rotatable bonds is 10. The van der Waals surface area contributed by atoms with Crippen LogP contribution in [-0.4, -0.2) is 24.7 Å². The van der Waals surface area contributed by atoms with E-state index in [9.17, 15) is 9.59 Å². The highest BCUT2D eigenvalue weighted by Gasteiger charge is 2.13. The van der Waals surface area contributed by atoms with E-state index in [1.165, 1.54) is 11.8 Å². The number of esters is 1. The van der Waals surface area contributed by atoms with Crippen LogP contribution in [0.1, 0.15) is 44.3 Å². The molecule has 4 rings (SSSR count). The van der Waals surface area contributed by atoms with E-state index in [0.717, 1.165) is 5.56 Å². The summed E-state index contributed by atoms with van der Waals surface area (Å²) < 4.78 is 16.9. The summed E-state index contributed by atoms with van der Waals surface area (Å²) in [6.45, 7) is 4.67. The summed E-state index contributed by atoms with van der Waals surface area (Å²) in [5.41, 5.74) is 6.21. The maximum absolute atomic E-state index is 12.5. The molecule has 0 fully saturated rings. The number of nitrogens with one attached hydrogen (secondary N) is 1. The van der Waals surface area contributed by atoms with Gasteiger partial charge in [-0.2, -0.15) is 5.10 Å². The van der Waals surface area contributed by atoms with Crippen molar-refractivity contribution in [2.45, 2.75) is 20.5 Å². The lowest BCUT2D eigenvalue weighted by Crippen LogP contribution is -2.17. The Bertz CT molecular complexity index is 1450. The molecular weight excluding hydrogens is 516 g/mol. The number of nitrogens with zero attached hydrogens (tertiary/aromatic N) is 1. The Kier molecular flexibility index (Phi) is 9.32. The van der Waals surface area contributed by atoms with Gasteiger partial charge >= 0.3 is 5.97 Å². The van der Waals surface area contributed by atoms with Crippen molar-refractivity contribution in [2.24, 2.45) is 5.10 Å². The predicted molar refractivity (Wildman–Crippen MR) is 151 cm³/mol. The van der Waals surface area contributed by atoms with Crippen molar-refractivity contribution in [1.82, 2.24) is 5.43 Å². The topological polar surface area (TPSA) is 86.2 Å². The molecule has 1 amide bonds. The molecule has 4 aromatic carbocycles. The second-order valence-electron chi connectivity index (χ2n) is 8.53. The highest BCUT2D eigenvalue weighted by molar-refractivity contribution is 6.30. The molecule has 0 spiro atoms. The van der Waals surface area contributed by atoms with E-state index in [2.05, 4.69) is 10.5 Å². The molecule has 198 valence electrons. The van der Waals surface area contributed by atoms with Crippen LogP contribution in [-0.2, 0) is 6.61 Å². The Morgan fingerprint density at radius 3 is 2.23 bits per heavy atom. The molecule has 4 aromatic rings. The van der Waals surface area contributed by atoms with Crippen LogP contribution in [0.2, 0.25) is 5.02 Å². The van der Waals surface area contributed by atoms with Crippen LogP contribution < -0.4 is 19.6 Å². The van der Waals surface area contributed by atoms with Crippen LogP contribution in [0.25, 0.3) is 0 Å². The summed E-state index contributed by atoms with van der Waals surface area (Å²) in [6.07, 6.45) is 1.48. The van der Waals surface area contributed by atoms with Gasteiger partial charge in [-0.05, 0) is 91.7 Å².